The lowest BCUT2D eigenvalue weighted by Gasteiger charge is -2.30. The Morgan fingerprint density at radius 3 is 2.44 bits per heavy atom. The molecule has 1 saturated heterocycles. The van der Waals surface area contributed by atoms with E-state index in [1.54, 1.807) is 42.1 Å². The summed E-state index contributed by atoms with van der Waals surface area (Å²) >= 11 is 19.9. The Balaban J connectivity index is 1.38. The third kappa shape index (κ3) is 7.27. The number of halogens is 3. The normalized spacial score (nSPS) is 15.6. The highest BCUT2D eigenvalue weighted by molar-refractivity contribution is 7.98. The molecule has 0 spiro atoms. The maximum absolute atomic E-state index is 12.7. The van der Waals surface area contributed by atoms with Gasteiger partial charge in [0.15, 0.2) is 0 Å². The molecule has 0 saturated carbocycles. The molecule has 32 heavy (non-hydrogen) atoms. The number of hydrogen-bond donors (Lipinski definition) is 1. The zero-order valence-corrected chi connectivity index (χ0v) is 21.3. The van der Waals surface area contributed by atoms with Gasteiger partial charge in [-0.05, 0) is 42.2 Å². The van der Waals surface area contributed by atoms with Crippen LogP contribution in [0.4, 0.5) is 0 Å². The smallest absolute Gasteiger partial charge is 0.223 e. The van der Waals surface area contributed by atoms with Crippen molar-refractivity contribution >= 4 is 62.5 Å². The summed E-state index contributed by atoms with van der Waals surface area (Å²) in [6.07, 6.45) is 1.03. The Hall–Kier alpha value is -0.960. The molecule has 2 aromatic rings. The summed E-state index contributed by atoms with van der Waals surface area (Å²) in [5.41, 5.74) is 1.60. The van der Waals surface area contributed by atoms with Crippen LogP contribution >= 0.6 is 46.6 Å². The molecule has 0 unspecified atom stereocenters. The van der Waals surface area contributed by atoms with Crippen molar-refractivity contribution in [1.82, 2.24) is 9.62 Å². The molecule has 10 heteroatoms. The molecule has 2 aromatic carbocycles. The van der Waals surface area contributed by atoms with Gasteiger partial charge in [0.25, 0.3) is 0 Å². The van der Waals surface area contributed by atoms with Crippen LogP contribution in [0.2, 0.25) is 15.1 Å². The van der Waals surface area contributed by atoms with Gasteiger partial charge in [-0.1, -0.05) is 59.1 Å². The van der Waals surface area contributed by atoms with Crippen LogP contribution in [-0.4, -0.2) is 44.0 Å². The van der Waals surface area contributed by atoms with E-state index in [2.05, 4.69) is 5.32 Å². The van der Waals surface area contributed by atoms with Gasteiger partial charge in [0.05, 0.1) is 5.75 Å². The molecule has 0 radical (unpaired) electrons. The average molecular weight is 536 g/mol. The van der Waals surface area contributed by atoms with Crippen molar-refractivity contribution in [1.29, 1.82) is 0 Å². The minimum Gasteiger partial charge on any atom is -0.355 e. The van der Waals surface area contributed by atoms with Crippen LogP contribution in [0.1, 0.15) is 24.0 Å². The molecule has 0 atom stereocenters. The van der Waals surface area contributed by atoms with Crippen molar-refractivity contribution in [2.24, 2.45) is 5.92 Å². The molecule has 0 bridgehead atoms. The summed E-state index contributed by atoms with van der Waals surface area (Å²) in [6, 6.07) is 12.4. The van der Waals surface area contributed by atoms with Crippen molar-refractivity contribution in [3.8, 4) is 0 Å². The second-order valence-electron chi connectivity index (χ2n) is 7.60. The van der Waals surface area contributed by atoms with Gasteiger partial charge in [0.1, 0.15) is 0 Å². The SMILES string of the molecule is O=C(NCCSCc1ccc(Cl)cc1Cl)C1CCN(S(=O)(=O)Cc2ccccc2Cl)CC1. The first-order chi connectivity index (χ1) is 15.3. The topological polar surface area (TPSA) is 66.5 Å². The lowest BCUT2D eigenvalue weighted by molar-refractivity contribution is -0.125. The molecule has 1 N–H and O–H groups in total. The first-order valence-corrected chi connectivity index (χ1v) is 14.2. The number of thioether (sulfide) groups is 1. The zero-order valence-electron chi connectivity index (χ0n) is 17.4. The van der Waals surface area contributed by atoms with E-state index in [4.69, 9.17) is 34.8 Å². The Morgan fingerprint density at radius 2 is 1.75 bits per heavy atom. The van der Waals surface area contributed by atoms with Crippen LogP contribution in [0.3, 0.4) is 0 Å². The second-order valence-corrected chi connectivity index (χ2v) is 11.9. The van der Waals surface area contributed by atoms with Crippen LogP contribution in [0.25, 0.3) is 0 Å². The number of nitrogens with zero attached hydrogens (tertiary/aromatic N) is 1. The molecule has 1 aliphatic rings. The summed E-state index contributed by atoms with van der Waals surface area (Å²) in [5.74, 6) is 1.19. The van der Waals surface area contributed by atoms with Crippen LogP contribution in [-0.2, 0) is 26.3 Å². The number of amides is 1. The van der Waals surface area contributed by atoms with Gasteiger partial charge in [-0.3, -0.25) is 4.79 Å². The number of rotatable bonds is 9. The van der Waals surface area contributed by atoms with E-state index in [-0.39, 0.29) is 17.6 Å². The third-order valence-electron chi connectivity index (χ3n) is 5.33. The lowest BCUT2D eigenvalue weighted by atomic mass is 9.97. The summed E-state index contributed by atoms with van der Waals surface area (Å²) in [4.78, 5) is 12.5. The molecule has 0 aliphatic carbocycles. The second kappa shape index (κ2) is 12.0. The van der Waals surface area contributed by atoms with E-state index in [0.29, 0.717) is 53.1 Å². The average Bonchev–Trinajstić information content (AvgIpc) is 2.76. The highest BCUT2D eigenvalue weighted by Crippen LogP contribution is 2.26. The Morgan fingerprint density at radius 1 is 1.03 bits per heavy atom. The molecule has 1 aliphatic heterocycles. The Bertz CT molecular complexity index is 1040. The largest absolute Gasteiger partial charge is 0.355 e. The fraction of sp³-hybridized carbons (Fsp3) is 0.409. The number of sulfonamides is 1. The minimum absolute atomic E-state index is 0.0155. The van der Waals surface area contributed by atoms with Crippen molar-refractivity contribution < 1.29 is 13.2 Å². The highest BCUT2D eigenvalue weighted by atomic mass is 35.5. The van der Waals surface area contributed by atoms with E-state index in [1.165, 1.54) is 4.31 Å². The van der Waals surface area contributed by atoms with Crippen molar-refractivity contribution in [2.45, 2.75) is 24.3 Å². The highest BCUT2D eigenvalue weighted by Gasteiger charge is 2.31. The fourth-order valence-electron chi connectivity index (χ4n) is 3.51. The molecule has 1 fully saturated rings. The maximum Gasteiger partial charge on any atom is 0.223 e. The predicted molar refractivity (Wildman–Crippen MR) is 134 cm³/mol. The van der Waals surface area contributed by atoms with E-state index in [0.717, 1.165) is 17.1 Å². The number of carbonyl (C=O) groups excluding carboxylic acids is 1. The van der Waals surface area contributed by atoms with E-state index >= 15 is 0 Å². The van der Waals surface area contributed by atoms with E-state index in [1.807, 2.05) is 12.1 Å². The standard InChI is InChI=1S/C22H25Cl3N2O3S2/c23-19-6-5-17(21(25)13-19)14-31-12-9-26-22(28)16-7-10-27(11-8-16)32(29,30)15-18-3-1-2-4-20(18)24/h1-6,13,16H,7-12,14-15H2,(H,26,28). The number of nitrogens with one attached hydrogen (secondary N) is 1. The van der Waals surface area contributed by atoms with Crippen molar-refractivity contribution in [3.63, 3.8) is 0 Å². The monoisotopic (exact) mass is 534 g/mol. The number of piperidine rings is 1. The summed E-state index contributed by atoms with van der Waals surface area (Å²) in [7, 11) is -3.47. The zero-order chi connectivity index (χ0) is 23.1. The van der Waals surface area contributed by atoms with Crippen LogP contribution < -0.4 is 5.32 Å². The van der Waals surface area contributed by atoms with Crippen LogP contribution in [0.5, 0.6) is 0 Å². The van der Waals surface area contributed by atoms with Crippen LogP contribution in [0, 0.1) is 5.92 Å². The van der Waals surface area contributed by atoms with E-state index < -0.39 is 10.0 Å². The number of hydrogen-bond acceptors (Lipinski definition) is 4. The van der Waals surface area contributed by atoms with Gasteiger partial charge in [-0.15, -0.1) is 0 Å². The molecular weight excluding hydrogens is 511 g/mol. The molecule has 1 amide bonds. The quantitative estimate of drug-likeness (QED) is 0.446. The van der Waals surface area contributed by atoms with E-state index in [9.17, 15) is 13.2 Å². The van der Waals surface area contributed by atoms with Crippen molar-refractivity contribution in [3.05, 3.63) is 68.7 Å². The maximum atomic E-state index is 12.7. The Labute approximate surface area is 208 Å². The van der Waals surface area contributed by atoms with Gasteiger partial charge >= 0.3 is 0 Å². The molecule has 174 valence electrons. The summed E-state index contributed by atoms with van der Waals surface area (Å²) < 4.78 is 26.9. The first-order valence-electron chi connectivity index (χ1n) is 10.3. The van der Waals surface area contributed by atoms with Gasteiger partial charge in [-0.25, -0.2) is 12.7 Å². The molecule has 1 heterocycles. The third-order valence-corrected chi connectivity index (χ3v) is 9.12. The van der Waals surface area contributed by atoms with Gasteiger partial charge in [0, 0.05) is 52.1 Å². The molecular formula is C22H25Cl3N2O3S2. The first kappa shape index (κ1) is 25.7. The number of benzene rings is 2. The molecule has 5 nitrogen and oxygen atoms in total. The lowest BCUT2D eigenvalue weighted by Crippen LogP contribution is -2.43. The summed E-state index contributed by atoms with van der Waals surface area (Å²) in [6.45, 7) is 1.24. The molecule has 3 rings (SSSR count). The fourth-order valence-corrected chi connectivity index (χ4v) is 6.80. The molecule has 0 aromatic heterocycles. The van der Waals surface area contributed by atoms with Crippen LogP contribution in [0.15, 0.2) is 42.5 Å². The van der Waals surface area contributed by atoms with Gasteiger partial charge in [0.2, 0.25) is 15.9 Å². The van der Waals surface area contributed by atoms with Crippen molar-refractivity contribution in [2.75, 3.05) is 25.4 Å². The van der Waals surface area contributed by atoms with Gasteiger partial charge in [-0.2, -0.15) is 11.8 Å². The minimum atomic E-state index is -3.47. The van der Waals surface area contributed by atoms with Gasteiger partial charge < -0.3 is 5.32 Å². The Kier molecular flexibility index (Phi) is 9.58. The summed E-state index contributed by atoms with van der Waals surface area (Å²) in [5, 5.41) is 4.66. The number of carbonyl (C=O) groups is 1. The predicted octanol–water partition coefficient (Wildman–Crippen LogP) is 5.24.